The molecule has 0 radical (unpaired) electrons. The lowest BCUT2D eigenvalue weighted by atomic mass is 9.79. The van der Waals surface area contributed by atoms with Crippen molar-refractivity contribution in [1.82, 2.24) is 9.97 Å². The van der Waals surface area contributed by atoms with Crippen molar-refractivity contribution in [2.75, 3.05) is 0 Å². The highest BCUT2D eigenvalue weighted by Crippen LogP contribution is 2.54. The van der Waals surface area contributed by atoms with E-state index in [1.54, 1.807) is 0 Å². The highest BCUT2D eigenvalue weighted by atomic mass is 14.9. The molecule has 2 aliphatic carbocycles. The van der Waals surface area contributed by atoms with Crippen LogP contribution in [0.15, 0.2) is 140 Å². The smallest absolute Gasteiger partial charge is 0.160 e. The molecular weight excluding hydrogens is 532 g/mol. The largest absolute Gasteiger partial charge is 0.228 e. The van der Waals surface area contributed by atoms with Gasteiger partial charge in [0.05, 0.1) is 11.4 Å². The molecule has 0 atom stereocenters. The molecule has 0 saturated carbocycles. The van der Waals surface area contributed by atoms with E-state index in [0.717, 1.165) is 40.3 Å². The molecule has 2 heteroatoms. The molecule has 210 valence electrons. The van der Waals surface area contributed by atoms with Gasteiger partial charge in [0.15, 0.2) is 5.82 Å². The van der Waals surface area contributed by atoms with Crippen molar-refractivity contribution in [3.8, 4) is 56.2 Å². The molecule has 0 unspecified atom stereocenters. The average molecular weight is 565 g/mol. The zero-order valence-electron chi connectivity index (χ0n) is 25.0. The lowest BCUT2D eigenvalue weighted by molar-refractivity contribution is 0.660. The van der Waals surface area contributed by atoms with Gasteiger partial charge in [-0.05, 0) is 63.1 Å². The van der Waals surface area contributed by atoms with E-state index in [2.05, 4.69) is 147 Å². The van der Waals surface area contributed by atoms with Crippen LogP contribution in [-0.4, -0.2) is 9.97 Å². The maximum absolute atomic E-state index is 5.06. The van der Waals surface area contributed by atoms with E-state index in [0.29, 0.717) is 0 Å². The Morgan fingerprint density at radius 2 is 1.16 bits per heavy atom. The van der Waals surface area contributed by atoms with Gasteiger partial charge in [-0.1, -0.05) is 147 Å². The molecule has 0 amide bonds. The molecule has 8 rings (SSSR count). The zero-order valence-corrected chi connectivity index (χ0v) is 25.0. The average Bonchev–Trinajstić information content (AvgIpc) is 3.20. The number of rotatable bonds is 4. The van der Waals surface area contributed by atoms with Gasteiger partial charge in [-0.3, -0.25) is 0 Å². The van der Waals surface area contributed by atoms with Crippen molar-refractivity contribution in [2.24, 2.45) is 0 Å². The van der Waals surface area contributed by atoms with Crippen LogP contribution in [0.4, 0.5) is 0 Å². The molecule has 0 spiro atoms. The van der Waals surface area contributed by atoms with Crippen LogP contribution in [0, 0.1) is 0 Å². The summed E-state index contributed by atoms with van der Waals surface area (Å²) in [5.74, 6) is 0.728. The monoisotopic (exact) mass is 564 g/mol. The van der Waals surface area contributed by atoms with E-state index in [9.17, 15) is 0 Å². The molecular formula is C42H32N2. The van der Waals surface area contributed by atoms with Gasteiger partial charge in [-0.25, -0.2) is 9.97 Å². The minimum atomic E-state index is -0.0667. The Bertz CT molecular complexity index is 2030. The van der Waals surface area contributed by atoms with Crippen molar-refractivity contribution in [3.05, 3.63) is 162 Å². The summed E-state index contributed by atoms with van der Waals surface area (Å²) >= 11 is 0. The van der Waals surface area contributed by atoms with Gasteiger partial charge in [0.25, 0.3) is 0 Å². The highest BCUT2D eigenvalue weighted by Gasteiger charge is 2.38. The maximum Gasteiger partial charge on any atom is 0.160 e. The Morgan fingerprint density at radius 1 is 0.545 bits per heavy atom. The summed E-state index contributed by atoms with van der Waals surface area (Å²) < 4.78 is 0. The topological polar surface area (TPSA) is 25.8 Å². The molecule has 2 aliphatic rings. The predicted octanol–water partition coefficient (Wildman–Crippen LogP) is 10.6. The molecule has 0 fully saturated rings. The molecule has 1 heterocycles. The Kier molecular flexibility index (Phi) is 6.23. The predicted molar refractivity (Wildman–Crippen MR) is 183 cm³/mol. The fraction of sp³-hybridized carbons (Fsp3) is 0.0952. The molecule has 0 bridgehead atoms. The summed E-state index contributed by atoms with van der Waals surface area (Å²) in [4.78, 5) is 10.1. The third-order valence-electron chi connectivity index (χ3n) is 9.15. The fourth-order valence-electron chi connectivity index (χ4n) is 6.90. The molecule has 6 aromatic rings. The van der Waals surface area contributed by atoms with Crippen molar-refractivity contribution in [3.63, 3.8) is 0 Å². The Hall–Kier alpha value is -5.34. The van der Waals surface area contributed by atoms with Crippen LogP contribution < -0.4 is 0 Å². The van der Waals surface area contributed by atoms with Gasteiger partial charge in [0.2, 0.25) is 0 Å². The van der Waals surface area contributed by atoms with Crippen LogP contribution in [-0.2, 0) is 11.8 Å². The quantitative estimate of drug-likeness (QED) is 0.213. The second-order valence-corrected chi connectivity index (χ2v) is 12.2. The lowest BCUT2D eigenvalue weighted by Gasteiger charge is -2.24. The number of hydrogen-bond donors (Lipinski definition) is 0. The Morgan fingerprint density at radius 3 is 1.84 bits per heavy atom. The summed E-state index contributed by atoms with van der Waals surface area (Å²) in [6, 6.07) is 43.1. The molecule has 0 aliphatic heterocycles. The van der Waals surface area contributed by atoms with Crippen molar-refractivity contribution >= 4 is 6.08 Å². The first kappa shape index (κ1) is 26.3. The summed E-state index contributed by atoms with van der Waals surface area (Å²) in [6.07, 6.45) is 9.77. The van der Waals surface area contributed by atoms with Crippen molar-refractivity contribution < 1.29 is 0 Å². The van der Waals surface area contributed by atoms with E-state index in [-0.39, 0.29) is 5.41 Å². The van der Waals surface area contributed by atoms with Gasteiger partial charge in [-0.2, -0.15) is 0 Å². The number of allylic oxidation sites excluding steroid dienone is 3. The maximum atomic E-state index is 5.06. The lowest BCUT2D eigenvalue weighted by Crippen LogP contribution is -2.15. The van der Waals surface area contributed by atoms with E-state index < -0.39 is 0 Å². The molecule has 0 saturated heterocycles. The van der Waals surface area contributed by atoms with E-state index in [1.807, 2.05) is 12.1 Å². The van der Waals surface area contributed by atoms with Gasteiger partial charge < -0.3 is 0 Å². The highest BCUT2D eigenvalue weighted by molar-refractivity contribution is 5.96. The zero-order chi connectivity index (χ0) is 29.7. The van der Waals surface area contributed by atoms with Gasteiger partial charge in [0, 0.05) is 22.1 Å². The van der Waals surface area contributed by atoms with Crippen LogP contribution in [0.5, 0.6) is 0 Å². The van der Waals surface area contributed by atoms with Crippen LogP contribution >= 0.6 is 0 Å². The molecule has 1 aromatic heterocycles. The summed E-state index contributed by atoms with van der Waals surface area (Å²) in [7, 11) is 0. The summed E-state index contributed by atoms with van der Waals surface area (Å²) in [5, 5.41) is 0. The number of hydrogen-bond acceptors (Lipinski definition) is 2. The first-order valence-corrected chi connectivity index (χ1v) is 15.3. The molecule has 5 aromatic carbocycles. The minimum absolute atomic E-state index is 0.0667. The number of benzene rings is 5. The van der Waals surface area contributed by atoms with E-state index in [1.165, 1.54) is 44.5 Å². The van der Waals surface area contributed by atoms with Crippen LogP contribution in [0.25, 0.3) is 62.2 Å². The first-order chi connectivity index (χ1) is 21.6. The van der Waals surface area contributed by atoms with Gasteiger partial charge in [0.1, 0.15) is 0 Å². The van der Waals surface area contributed by atoms with Crippen molar-refractivity contribution in [2.45, 2.75) is 25.7 Å². The Balaban J connectivity index is 1.30. The van der Waals surface area contributed by atoms with E-state index >= 15 is 0 Å². The Labute approximate surface area is 259 Å². The third-order valence-corrected chi connectivity index (χ3v) is 9.15. The second-order valence-electron chi connectivity index (χ2n) is 12.2. The number of nitrogens with zero attached hydrogens (tertiary/aromatic N) is 2. The normalized spacial score (nSPS) is 14.0. The third kappa shape index (κ3) is 4.34. The number of aromatic nitrogens is 2. The molecule has 0 N–H and O–H groups in total. The van der Waals surface area contributed by atoms with Gasteiger partial charge in [-0.15, -0.1) is 0 Å². The fourth-order valence-corrected chi connectivity index (χ4v) is 6.90. The van der Waals surface area contributed by atoms with Crippen LogP contribution in [0.1, 0.15) is 36.1 Å². The number of fused-ring (bicyclic) bond motifs is 4. The standard InChI is InChI=1S/C42H32N2/c1-42(2)35-21-13-12-20-34(35)40-36(42)26-32-18-10-5-11-19-33(32)39(40)30-22-24-31(25-23-30)41-43-37(28-14-6-3-7-15-28)27-38(44-41)29-16-8-4-9-17-29/h3-18,20-27H,19H2,1-2H3. The second kappa shape index (κ2) is 10.4. The first-order valence-electron chi connectivity index (χ1n) is 15.3. The van der Waals surface area contributed by atoms with Crippen LogP contribution in [0.3, 0.4) is 0 Å². The van der Waals surface area contributed by atoms with E-state index in [4.69, 9.17) is 9.97 Å². The molecule has 44 heavy (non-hydrogen) atoms. The van der Waals surface area contributed by atoms with Crippen molar-refractivity contribution in [1.29, 1.82) is 0 Å². The van der Waals surface area contributed by atoms with Gasteiger partial charge >= 0.3 is 0 Å². The molecule has 2 nitrogen and oxygen atoms in total. The summed E-state index contributed by atoms with van der Waals surface area (Å²) in [6.45, 7) is 4.72. The van der Waals surface area contributed by atoms with Crippen LogP contribution in [0.2, 0.25) is 0 Å². The minimum Gasteiger partial charge on any atom is -0.228 e. The summed E-state index contributed by atoms with van der Waals surface area (Å²) in [5.41, 5.74) is 15.7. The SMILES string of the molecule is CC1(C)c2ccccc2-c2c1cc1c(c2-c2ccc(-c3nc(-c4ccccc4)cc(-c4ccccc4)n3)cc2)CC=CC=C1.